The third-order valence-corrected chi connectivity index (χ3v) is 2.40. The van der Waals surface area contributed by atoms with E-state index in [-0.39, 0.29) is 0 Å². The van der Waals surface area contributed by atoms with Crippen LogP contribution in [0.4, 0.5) is 0 Å². The number of alkyl halides is 1. The monoisotopic (exact) mass is 215 g/mol. The maximum atomic E-state index is 6.01. The van der Waals surface area contributed by atoms with Crippen molar-refractivity contribution in [3.8, 4) is 0 Å². The van der Waals surface area contributed by atoms with Gasteiger partial charge in [-0.25, -0.2) is 9.97 Å². The smallest absolute Gasteiger partial charge is 0.235 e. The molecule has 0 atom stereocenters. The van der Waals surface area contributed by atoms with E-state index in [2.05, 4.69) is 9.97 Å². The van der Waals surface area contributed by atoms with Crippen LogP contribution in [0.15, 0.2) is 12.4 Å². The van der Waals surface area contributed by atoms with Gasteiger partial charge in [-0.15, -0.1) is 11.6 Å². The molecule has 2 rings (SSSR count). The van der Waals surface area contributed by atoms with Crippen molar-refractivity contribution in [2.45, 2.75) is 12.8 Å². The minimum Gasteiger partial charge on any atom is -0.274 e. The first-order valence-electron chi connectivity index (χ1n) is 3.77. The van der Waals surface area contributed by atoms with Crippen molar-refractivity contribution in [2.24, 2.45) is 0 Å². The van der Waals surface area contributed by atoms with Gasteiger partial charge in [-0.3, -0.25) is 4.40 Å². The molecular weight excluding hydrogens is 209 g/mol. The predicted molar refractivity (Wildman–Crippen MR) is 52.3 cm³/mol. The summed E-state index contributed by atoms with van der Waals surface area (Å²) in [6.45, 7) is 1.95. The molecule has 2 aromatic heterocycles. The highest BCUT2D eigenvalue weighted by molar-refractivity contribution is 6.31. The molecule has 5 heteroatoms. The van der Waals surface area contributed by atoms with E-state index in [0.29, 0.717) is 22.5 Å². The zero-order chi connectivity index (χ0) is 9.42. The Kier molecular flexibility index (Phi) is 2.14. The van der Waals surface area contributed by atoms with Gasteiger partial charge in [-0.05, 0) is 12.5 Å². The second-order valence-electron chi connectivity index (χ2n) is 2.78. The van der Waals surface area contributed by atoms with Gasteiger partial charge in [0.1, 0.15) is 5.15 Å². The molecule has 2 aromatic rings. The van der Waals surface area contributed by atoms with Crippen LogP contribution >= 0.6 is 23.2 Å². The molecule has 0 spiro atoms. The Labute approximate surface area is 85.3 Å². The average molecular weight is 216 g/mol. The molecule has 2 heterocycles. The zero-order valence-corrected chi connectivity index (χ0v) is 8.47. The average Bonchev–Trinajstić information content (AvgIpc) is 2.44. The number of aromatic nitrogens is 3. The molecule has 0 saturated heterocycles. The van der Waals surface area contributed by atoms with E-state index >= 15 is 0 Å². The Morgan fingerprint density at radius 2 is 2.31 bits per heavy atom. The van der Waals surface area contributed by atoms with E-state index < -0.39 is 0 Å². The van der Waals surface area contributed by atoms with E-state index in [4.69, 9.17) is 23.2 Å². The molecule has 0 bridgehead atoms. The lowest BCUT2D eigenvalue weighted by molar-refractivity contribution is 1.08. The molecule has 0 N–H and O–H groups in total. The molecule has 13 heavy (non-hydrogen) atoms. The van der Waals surface area contributed by atoms with Crippen LogP contribution in [0.2, 0.25) is 5.15 Å². The highest BCUT2D eigenvalue weighted by Gasteiger charge is 2.09. The molecule has 0 radical (unpaired) electrons. The van der Waals surface area contributed by atoms with Crippen molar-refractivity contribution < 1.29 is 0 Å². The summed E-state index contributed by atoms with van der Waals surface area (Å²) < 4.78 is 1.73. The molecule has 0 amide bonds. The fourth-order valence-electron chi connectivity index (χ4n) is 1.13. The van der Waals surface area contributed by atoms with Crippen LogP contribution in [-0.4, -0.2) is 14.4 Å². The highest BCUT2D eigenvalue weighted by atomic mass is 35.5. The zero-order valence-electron chi connectivity index (χ0n) is 6.96. The van der Waals surface area contributed by atoms with Crippen LogP contribution < -0.4 is 0 Å². The van der Waals surface area contributed by atoms with Gasteiger partial charge in [0.25, 0.3) is 0 Å². The lowest BCUT2D eigenvalue weighted by Crippen LogP contribution is -1.89. The molecule has 0 aliphatic rings. The first kappa shape index (κ1) is 8.78. The molecule has 68 valence electrons. The summed E-state index contributed by atoms with van der Waals surface area (Å²) in [6, 6.07) is 0. The van der Waals surface area contributed by atoms with Crippen LogP contribution in [-0.2, 0) is 5.88 Å². The fourth-order valence-corrected chi connectivity index (χ4v) is 1.62. The van der Waals surface area contributed by atoms with Crippen LogP contribution in [0.3, 0.4) is 0 Å². The van der Waals surface area contributed by atoms with Crippen LogP contribution in [0.25, 0.3) is 5.78 Å². The summed E-state index contributed by atoms with van der Waals surface area (Å²) in [5.74, 6) is 0.896. The van der Waals surface area contributed by atoms with Gasteiger partial charge in [-0.2, -0.15) is 0 Å². The minimum atomic E-state index is 0.307. The van der Waals surface area contributed by atoms with Gasteiger partial charge in [-0.1, -0.05) is 11.6 Å². The van der Waals surface area contributed by atoms with E-state index in [1.54, 1.807) is 10.6 Å². The number of rotatable bonds is 1. The number of halogens is 2. The largest absolute Gasteiger partial charge is 0.274 e. The lowest BCUT2D eigenvalue weighted by Gasteiger charge is -1.94. The highest BCUT2D eigenvalue weighted by Crippen LogP contribution is 2.18. The SMILES string of the molecule is Cc1cnc2nc(CCl)c(Cl)n2c1. The van der Waals surface area contributed by atoms with E-state index in [0.717, 1.165) is 5.56 Å². The maximum absolute atomic E-state index is 6.01. The van der Waals surface area contributed by atoms with Gasteiger partial charge in [0, 0.05) is 12.4 Å². The van der Waals surface area contributed by atoms with Gasteiger partial charge in [0.05, 0.1) is 11.6 Å². The molecule has 0 aliphatic carbocycles. The predicted octanol–water partition coefficient (Wildman–Crippen LogP) is 2.43. The molecule has 3 nitrogen and oxygen atoms in total. The maximum Gasteiger partial charge on any atom is 0.235 e. The molecule has 0 aliphatic heterocycles. The Balaban J connectivity index is 2.77. The van der Waals surface area contributed by atoms with Gasteiger partial charge in [0.2, 0.25) is 5.78 Å². The summed E-state index contributed by atoms with van der Waals surface area (Å²) in [6.07, 6.45) is 3.63. The van der Waals surface area contributed by atoms with Crippen molar-refractivity contribution in [1.82, 2.24) is 14.4 Å². The van der Waals surface area contributed by atoms with Crippen molar-refractivity contribution in [2.75, 3.05) is 0 Å². The van der Waals surface area contributed by atoms with Crippen molar-refractivity contribution in [3.63, 3.8) is 0 Å². The Hall–Kier alpha value is -0.800. The van der Waals surface area contributed by atoms with Gasteiger partial charge >= 0.3 is 0 Å². The number of nitrogens with zero attached hydrogens (tertiary/aromatic N) is 3. The van der Waals surface area contributed by atoms with Crippen LogP contribution in [0, 0.1) is 6.92 Å². The quantitative estimate of drug-likeness (QED) is 0.685. The number of fused-ring (bicyclic) bond motifs is 1. The Bertz CT molecular complexity index is 450. The Morgan fingerprint density at radius 3 is 3.00 bits per heavy atom. The summed E-state index contributed by atoms with van der Waals surface area (Å²) >= 11 is 11.7. The van der Waals surface area contributed by atoms with Crippen LogP contribution in [0.5, 0.6) is 0 Å². The number of aryl methyl sites for hydroxylation is 1. The van der Waals surface area contributed by atoms with Crippen LogP contribution in [0.1, 0.15) is 11.3 Å². The molecule has 0 saturated carbocycles. The normalized spacial score (nSPS) is 11.0. The van der Waals surface area contributed by atoms with Crippen molar-refractivity contribution >= 4 is 29.0 Å². The molecule has 0 aromatic carbocycles. The minimum absolute atomic E-state index is 0.307. The fraction of sp³-hybridized carbons (Fsp3) is 0.250. The first-order chi connectivity index (χ1) is 6.22. The van der Waals surface area contributed by atoms with E-state index in [1.807, 2.05) is 13.1 Å². The molecular formula is C8H7Cl2N3. The van der Waals surface area contributed by atoms with Gasteiger partial charge in [0.15, 0.2) is 0 Å². The molecule has 0 unspecified atom stereocenters. The number of hydrogen-bond donors (Lipinski definition) is 0. The second-order valence-corrected chi connectivity index (χ2v) is 3.41. The van der Waals surface area contributed by atoms with E-state index in [1.165, 1.54) is 0 Å². The van der Waals surface area contributed by atoms with Gasteiger partial charge < -0.3 is 0 Å². The summed E-state index contributed by atoms with van der Waals surface area (Å²) in [5, 5.41) is 0.543. The summed E-state index contributed by atoms with van der Waals surface area (Å²) in [5.41, 5.74) is 1.70. The second kappa shape index (κ2) is 3.16. The van der Waals surface area contributed by atoms with Crippen molar-refractivity contribution in [1.29, 1.82) is 0 Å². The van der Waals surface area contributed by atoms with E-state index in [9.17, 15) is 0 Å². The van der Waals surface area contributed by atoms with Crippen molar-refractivity contribution in [3.05, 3.63) is 28.8 Å². The number of hydrogen-bond acceptors (Lipinski definition) is 2. The third kappa shape index (κ3) is 1.38. The lowest BCUT2D eigenvalue weighted by atomic mass is 10.4. The first-order valence-corrected chi connectivity index (χ1v) is 4.68. The topological polar surface area (TPSA) is 30.2 Å². The molecule has 0 fully saturated rings. The third-order valence-electron chi connectivity index (χ3n) is 1.74. The summed E-state index contributed by atoms with van der Waals surface area (Å²) in [7, 11) is 0. The Morgan fingerprint density at radius 1 is 1.54 bits per heavy atom. The number of imidazole rings is 1. The summed E-state index contributed by atoms with van der Waals surface area (Å²) in [4.78, 5) is 8.28. The standard InChI is InChI=1S/C8H7Cl2N3/c1-5-3-11-8-12-6(2-9)7(10)13(8)4-5/h3-4H,2H2,1H3.